The second-order valence-corrected chi connectivity index (χ2v) is 8.08. The number of carbonyl (C=O) groups is 1. The highest BCUT2D eigenvalue weighted by Gasteiger charge is 2.41. The average Bonchev–Trinajstić information content (AvgIpc) is 3.08. The van der Waals surface area contributed by atoms with Crippen LogP contribution < -0.4 is 4.72 Å². The fourth-order valence-corrected chi connectivity index (χ4v) is 5.10. The zero-order valence-electron chi connectivity index (χ0n) is 12.8. The van der Waals surface area contributed by atoms with E-state index in [1.165, 1.54) is 25.7 Å². The van der Waals surface area contributed by atoms with Gasteiger partial charge < -0.3 is 4.74 Å². The molecule has 2 saturated carbocycles. The number of fused-ring (bicyclic) bond motifs is 2. The van der Waals surface area contributed by atoms with E-state index in [4.69, 9.17) is 4.74 Å². The van der Waals surface area contributed by atoms with Gasteiger partial charge >= 0.3 is 5.97 Å². The molecular formula is C16H21NO4S. The van der Waals surface area contributed by atoms with Gasteiger partial charge in [-0.15, -0.1) is 0 Å². The Morgan fingerprint density at radius 1 is 1.27 bits per heavy atom. The molecule has 0 aliphatic heterocycles. The van der Waals surface area contributed by atoms with Crippen LogP contribution in [-0.2, 0) is 14.8 Å². The van der Waals surface area contributed by atoms with Crippen LogP contribution in [0.15, 0.2) is 23.1 Å². The van der Waals surface area contributed by atoms with Crippen LogP contribution in [-0.4, -0.2) is 27.5 Å². The first-order valence-corrected chi connectivity index (χ1v) is 9.10. The summed E-state index contributed by atoms with van der Waals surface area (Å²) in [7, 11) is -2.32. The molecule has 0 heterocycles. The Kier molecular flexibility index (Phi) is 3.99. The molecule has 0 amide bonds. The zero-order chi connectivity index (χ0) is 15.9. The van der Waals surface area contributed by atoms with Gasteiger partial charge in [0, 0.05) is 6.04 Å². The number of benzene rings is 1. The Bertz CT molecular complexity index is 698. The molecule has 0 radical (unpaired) electrons. The van der Waals surface area contributed by atoms with Crippen LogP contribution >= 0.6 is 0 Å². The predicted octanol–water partition coefficient (Wildman–Crippen LogP) is 2.25. The smallest absolute Gasteiger partial charge is 0.338 e. The van der Waals surface area contributed by atoms with E-state index in [1.807, 2.05) is 0 Å². The van der Waals surface area contributed by atoms with E-state index in [9.17, 15) is 13.2 Å². The highest BCUT2D eigenvalue weighted by atomic mass is 32.2. The molecule has 0 aromatic heterocycles. The van der Waals surface area contributed by atoms with Crippen LogP contribution in [0, 0.1) is 18.8 Å². The zero-order valence-corrected chi connectivity index (χ0v) is 13.7. The van der Waals surface area contributed by atoms with E-state index in [1.54, 1.807) is 13.0 Å². The summed E-state index contributed by atoms with van der Waals surface area (Å²) >= 11 is 0. The third-order valence-electron chi connectivity index (χ3n) is 4.97. The molecule has 5 nitrogen and oxygen atoms in total. The lowest BCUT2D eigenvalue weighted by Gasteiger charge is -2.22. The lowest BCUT2D eigenvalue weighted by Crippen LogP contribution is -2.38. The van der Waals surface area contributed by atoms with Crippen LogP contribution in [0.2, 0.25) is 0 Å². The van der Waals surface area contributed by atoms with Crippen molar-refractivity contribution in [2.45, 2.75) is 43.5 Å². The van der Waals surface area contributed by atoms with Crippen LogP contribution in [0.3, 0.4) is 0 Å². The summed E-state index contributed by atoms with van der Waals surface area (Å²) in [6, 6.07) is 4.61. The van der Waals surface area contributed by atoms with Crippen molar-refractivity contribution in [3.8, 4) is 0 Å². The van der Waals surface area contributed by atoms with Gasteiger partial charge in [0.1, 0.15) is 0 Å². The topological polar surface area (TPSA) is 72.5 Å². The highest BCUT2D eigenvalue weighted by molar-refractivity contribution is 7.89. The van der Waals surface area contributed by atoms with E-state index in [-0.39, 0.29) is 10.9 Å². The number of hydrogen-bond donors (Lipinski definition) is 1. The van der Waals surface area contributed by atoms with Gasteiger partial charge in [-0.1, -0.05) is 12.5 Å². The van der Waals surface area contributed by atoms with E-state index in [2.05, 4.69) is 4.72 Å². The minimum Gasteiger partial charge on any atom is -0.465 e. The van der Waals surface area contributed by atoms with Gasteiger partial charge in [0.05, 0.1) is 17.6 Å². The number of sulfonamides is 1. The van der Waals surface area contributed by atoms with Gasteiger partial charge in [-0.2, -0.15) is 0 Å². The molecule has 1 N–H and O–H groups in total. The predicted molar refractivity (Wildman–Crippen MR) is 82.1 cm³/mol. The lowest BCUT2D eigenvalue weighted by atomic mass is 9.96. The van der Waals surface area contributed by atoms with E-state index in [0.717, 1.165) is 19.3 Å². The Morgan fingerprint density at radius 2 is 2.05 bits per heavy atom. The largest absolute Gasteiger partial charge is 0.465 e. The van der Waals surface area contributed by atoms with Gasteiger partial charge in [0.25, 0.3) is 0 Å². The van der Waals surface area contributed by atoms with Crippen molar-refractivity contribution < 1.29 is 17.9 Å². The number of esters is 1. The number of hydrogen-bond acceptors (Lipinski definition) is 4. The second kappa shape index (κ2) is 5.66. The highest BCUT2D eigenvalue weighted by Crippen LogP contribution is 2.44. The maximum atomic E-state index is 12.6. The maximum Gasteiger partial charge on any atom is 0.338 e. The standard InChI is InChI=1S/C16H21NO4S/c1-10-3-6-13(9-14(10)16(18)21-2)22(19,20)17-15-8-11-4-5-12(15)7-11/h3,6,9,11-12,15,17H,4-5,7-8H2,1-2H3/t11-,12-,15-/m1/s1. The van der Waals surface area contributed by atoms with Gasteiger partial charge in [0.15, 0.2) is 0 Å². The summed E-state index contributed by atoms with van der Waals surface area (Å²) < 4.78 is 32.7. The van der Waals surface area contributed by atoms with Crippen molar-refractivity contribution in [1.29, 1.82) is 0 Å². The van der Waals surface area contributed by atoms with Crippen molar-refractivity contribution in [3.63, 3.8) is 0 Å². The Morgan fingerprint density at radius 3 is 2.64 bits per heavy atom. The number of carbonyl (C=O) groups excluding carboxylic acids is 1. The first-order valence-electron chi connectivity index (χ1n) is 7.62. The molecule has 1 aromatic carbocycles. The number of nitrogens with one attached hydrogen (secondary N) is 1. The fraction of sp³-hybridized carbons (Fsp3) is 0.562. The van der Waals surface area contributed by atoms with Crippen LogP contribution in [0.25, 0.3) is 0 Å². The minimum atomic E-state index is -3.60. The number of methoxy groups -OCH3 is 1. The molecule has 0 unspecified atom stereocenters. The molecular weight excluding hydrogens is 302 g/mol. The SMILES string of the molecule is COC(=O)c1cc(S(=O)(=O)N[C@@H]2C[C@@H]3CC[C@@H]2C3)ccc1C. The van der Waals surface area contributed by atoms with E-state index < -0.39 is 16.0 Å². The van der Waals surface area contributed by atoms with Crippen molar-refractivity contribution in [1.82, 2.24) is 4.72 Å². The Hall–Kier alpha value is -1.40. The quantitative estimate of drug-likeness (QED) is 0.863. The van der Waals surface area contributed by atoms with Crippen LogP contribution in [0.4, 0.5) is 0 Å². The van der Waals surface area contributed by atoms with Crippen molar-refractivity contribution in [3.05, 3.63) is 29.3 Å². The van der Waals surface area contributed by atoms with Gasteiger partial charge in [-0.05, 0) is 55.7 Å². The summed E-state index contributed by atoms with van der Waals surface area (Å²) in [4.78, 5) is 11.9. The lowest BCUT2D eigenvalue weighted by molar-refractivity contribution is 0.0599. The van der Waals surface area contributed by atoms with Crippen LogP contribution in [0.5, 0.6) is 0 Å². The summed E-state index contributed by atoms with van der Waals surface area (Å²) in [5, 5.41) is 0. The molecule has 0 saturated heterocycles. The molecule has 2 aliphatic carbocycles. The molecule has 2 bridgehead atoms. The van der Waals surface area contributed by atoms with Crippen molar-refractivity contribution in [2.75, 3.05) is 7.11 Å². The molecule has 6 heteroatoms. The number of ether oxygens (including phenoxy) is 1. The minimum absolute atomic E-state index is 0.0339. The van der Waals surface area contributed by atoms with E-state index >= 15 is 0 Å². The molecule has 2 aliphatic rings. The molecule has 22 heavy (non-hydrogen) atoms. The third kappa shape index (κ3) is 2.77. The maximum absolute atomic E-state index is 12.6. The van der Waals surface area contributed by atoms with Crippen molar-refractivity contribution >= 4 is 16.0 Å². The third-order valence-corrected chi connectivity index (χ3v) is 6.46. The molecule has 0 spiro atoms. The average molecular weight is 323 g/mol. The van der Waals surface area contributed by atoms with Gasteiger partial charge in [-0.25, -0.2) is 17.9 Å². The first kappa shape index (κ1) is 15.5. The van der Waals surface area contributed by atoms with Gasteiger partial charge in [-0.3, -0.25) is 0 Å². The van der Waals surface area contributed by atoms with E-state index in [0.29, 0.717) is 23.0 Å². The first-order chi connectivity index (χ1) is 10.4. The molecule has 2 fully saturated rings. The fourth-order valence-electron chi connectivity index (χ4n) is 3.75. The Labute approximate surface area is 131 Å². The monoisotopic (exact) mass is 323 g/mol. The summed E-state index contributed by atoms with van der Waals surface area (Å²) in [6.45, 7) is 1.76. The van der Waals surface area contributed by atoms with Gasteiger partial charge in [0.2, 0.25) is 10.0 Å². The second-order valence-electron chi connectivity index (χ2n) is 6.37. The Balaban J connectivity index is 1.84. The summed E-state index contributed by atoms with van der Waals surface area (Å²) in [6.07, 6.45) is 4.40. The molecule has 3 rings (SSSR count). The number of aryl methyl sites for hydroxylation is 1. The molecule has 120 valence electrons. The molecule has 1 aromatic rings. The van der Waals surface area contributed by atoms with Crippen LogP contribution in [0.1, 0.15) is 41.6 Å². The number of rotatable bonds is 4. The molecule has 3 atom stereocenters. The summed E-state index contributed by atoms with van der Waals surface area (Å²) in [5.74, 6) is 0.612. The normalized spacial score (nSPS) is 27.1. The van der Waals surface area contributed by atoms with Crippen molar-refractivity contribution in [2.24, 2.45) is 11.8 Å². The summed E-state index contributed by atoms with van der Waals surface area (Å²) in [5.41, 5.74) is 0.990.